The third-order valence-electron chi connectivity index (χ3n) is 12.0. The first-order chi connectivity index (χ1) is 36.6. The molecule has 3 N–H and O–H groups in total. The number of carboxylic acids is 1. The lowest BCUT2D eigenvalue weighted by Crippen LogP contribution is -2.61. The van der Waals surface area contributed by atoms with Crippen molar-refractivity contribution in [2.45, 2.75) is 237 Å². The Bertz CT molecular complexity index is 1770. The van der Waals surface area contributed by atoms with Gasteiger partial charge in [0.15, 0.2) is 24.6 Å². The van der Waals surface area contributed by atoms with E-state index >= 15 is 0 Å². The zero-order valence-corrected chi connectivity index (χ0v) is 46.2. The molecule has 75 heavy (non-hydrogen) atoms. The summed E-state index contributed by atoms with van der Waals surface area (Å²) >= 11 is 0. The van der Waals surface area contributed by atoms with E-state index in [1.807, 2.05) is 30.4 Å². The number of carbonyl (C=O) groups is 4. The van der Waals surface area contributed by atoms with Gasteiger partial charge in [-0.25, -0.2) is 4.79 Å². The average Bonchev–Trinajstić information content (AvgIpc) is 3.39. The van der Waals surface area contributed by atoms with Gasteiger partial charge in [0.05, 0.1) is 6.61 Å². The summed E-state index contributed by atoms with van der Waals surface area (Å²) < 4.78 is 28.2. The van der Waals surface area contributed by atoms with Crippen LogP contribution in [0.2, 0.25) is 0 Å². The first-order valence-corrected chi connectivity index (χ1v) is 28.5. The maximum absolute atomic E-state index is 13.1. The Labute approximate surface area is 452 Å². The molecular formula is C63H98O12. The van der Waals surface area contributed by atoms with Crippen molar-refractivity contribution in [2.75, 3.05) is 13.2 Å². The number of allylic oxidation sites excluding steroid dienone is 20. The van der Waals surface area contributed by atoms with Crippen molar-refractivity contribution in [2.24, 2.45) is 0 Å². The summed E-state index contributed by atoms with van der Waals surface area (Å²) in [6.07, 6.45) is 56.4. The molecule has 0 aromatic heterocycles. The Morgan fingerprint density at radius 1 is 0.453 bits per heavy atom. The number of carboxylic acid groups (broad SMARTS) is 1. The summed E-state index contributed by atoms with van der Waals surface area (Å²) in [6, 6.07) is 0. The molecule has 1 saturated heterocycles. The van der Waals surface area contributed by atoms with Crippen molar-refractivity contribution >= 4 is 23.9 Å². The van der Waals surface area contributed by atoms with Crippen LogP contribution < -0.4 is 0 Å². The van der Waals surface area contributed by atoms with Gasteiger partial charge < -0.3 is 39.0 Å². The number of hydrogen-bond donors (Lipinski definition) is 3. The zero-order chi connectivity index (χ0) is 54.7. The van der Waals surface area contributed by atoms with E-state index in [0.717, 1.165) is 70.6 Å². The van der Waals surface area contributed by atoms with E-state index in [0.29, 0.717) is 32.1 Å². The highest BCUT2D eigenvalue weighted by Gasteiger charge is 2.50. The molecule has 12 nitrogen and oxygen atoms in total. The summed E-state index contributed by atoms with van der Waals surface area (Å²) in [7, 11) is 0. The lowest BCUT2D eigenvalue weighted by molar-refractivity contribution is -0.301. The van der Waals surface area contributed by atoms with Crippen molar-refractivity contribution in [1.29, 1.82) is 0 Å². The minimum Gasteiger partial charge on any atom is -0.479 e. The third-order valence-corrected chi connectivity index (χ3v) is 12.0. The van der Waals surface area contributed by atoms with E-state index in [4.69, 9.17) is 23.7 Å². The second-order valence-corrected chi connectivity index (χ2v) is 18.8. The summed E-state index contributed by atoms with van der Waals surface area (Å²) in [5.41, 5.74) is 0. The maximum atomic E-state index is 13.1. The number of unbranched alkanes of at least 4 members (excludes halogenated alkanes) is 12. The lowest BCUT2D eigenvalue weighted by Gasteiger charge is -2.40. The van der Waals surface area contributed by atoms with Crippen molar-refractivity contribution in [1.82, 2.24) is 0 Å². The normalized spacial score (nSPS) is 19.1. The Kier molecular flexibility index (Phi) is 45.4. The molecule has 6 atom stereocenters. The lowest BCUT2D eigenvalue weighted by atomic mass is 9.98. The van der Waals surface area contributed by atoms with Crippen LogP contribution in [0.4, 0.5) is 0 Å². The predicted octanol–water partition coefficient (Wildman–Crippen LogP) is 14.4. The van der Waals surface area contributed by atoms with Crippen LogP contribution in [0, 0.1) is 0 Å². The summed E-state index contributed by atoms with van der Waals surface area (Å²) in [5.74, 6) is -3.36. The average molecular weight is 1050 g/mol. The third kappa shape index (κ3) is 40.1. The van der Waals surface area contributed by atoms with E-state index in [9.17, 15) is 34.5 Å². The molecule has 0 saturated carbocycles. The first kappa shape index (κ1) is 68.1. The Hall–Kier alpha value is -4.88. The molecule has 1 rings (SSSR count). The molecule has 1 aliphatic heterocycles. The molecule has 0 amide bonds. The molecule has 0 spiro atoms. The number of ether oxygens (including phenoxy) is 5. The molecule has 1 aliphatic rings. The molecule has 0 radical (unpaired) electrons. The minimum absolute atomic E-state index is 0.0266. The molecule has 0 bridgehead atoms. The second-order valence-electron chi connectivity index (χ2n) is 18.8. The van der Waals surface area contributed by atoms with Gasteiger partial charge in [-0.2, -0.15) is 0 Å². The van der Waals surface area contributed by atoms with Gasteiger partial charge in [-0.05, 0) is 103 Å². The standard InChI is InChI=1S/C63H98O12/c1-4-7-10-13-16-19-22-25-26-27-28-29-30-33-34-37-40-43-46-49-55(64)71-52-54(73-56(65)50-47-44-41-38-35-31-23-20-17-14-11-8-5-2)53-72-63-61(59(68)58(67)60(75-63)62(69)70)74-57(66)51-48-45-42-39-36-32-24-21-18-15-12-9-6-3/h8-9,11-12,16-21,25-26,31-32,35-36,41-42,44-45,54,58-61,63,67-68H,4-7,10,13-15,22-24,27-30,33-34,37-40,43,46-53H2,1-3H3,(H,69,70)/b11-8-,12-9-,19-16-,20-17-,21-18-,26-25-,35-31-,36-32-,44-41-,45-42-. The van der Waals surface area contributed by atoms with Crippen molar-refractivity contribution < 1.29 is 58.2 Å². The summed E-state index contributed by atoms with van der Waals surface area (Å²) in [4.78, 5) is 51.0. The van der Waals surface area contributed by atoms with Gasteiger partial charge in [0.2, 0.25) is 0 Å². The van der Waals surface area contributed by atoms with Gasteiger partial charge in [0, 0.05) is 19.3 Å². The molecule has 1 heterocycles. The molecule has 0 aliphatic carbocycles. The van der Waals surface area contributed by atoms with Crippen molar-refractivity contribution in [3.05, 3.63) is 122 Å². The summed E-state index contributed by atoms with van der Waals surface area (Å²) in [6.45, 7) is 5.61. The maximum Gasteiger partial charge on any atom is 0.335 e. The fraction of sp³-hybridized carbons (Fsp3) is 0.619. The topological polar surface area (TPSA) is 175 Å². The van der Waals surface area contributed by atoms with E-state index < -0.39 is 67.3 Å². The van der Waals surface area contributed by atoms with Gasteiger partial charge in [0.25, 0.3) is 0 Å². The molecule has 422 valence electrons. The number of esters is 3. The van der Waals surface area contributed by atoms with Crippen LogP contribution in [-0.2, 0) is 42.9 Å². The van der Waals surface area contributed by atoms with E-state index in [-0.39, 0.29) is 25.9 Å². The second kappa shape index (κ2) is 50.0. The van der Waals surface area contributed by atoms with Gasteiger partial charge in [-0.3, -0.25) is 14.4 Å². The van der Waals surface area contributed by atoms with Crippen molar-refractivity contribution in [3.63, 3.8) is 0 Å². The van der Waals surface area contributed by atoms with Gasteiger partial charge >= 0.3 is 23.9 Å². The van der Waals surface area contributed by atoms with Crippen LogP contribution >= 0.6 is 0 Å². The number of aliphatic hydroxyl groups excluding tert-OH is 2. The molecule has 12 heteroatoms. The van der Waals surface area contributed by atoms with Crippen LogP contribution in [0.25, 0.3) is 0 Å². The van der Waals surface area contributed by atoms with Crippen LogP contribution in [0.3, 0.4) is 0 Å². The Morgan fingerprint density at radius 3 is 1.33 bits per heavy atom. The Balaban J connectivity index is 2.75. The van der Waals surface area contributed by atoms with Crippen LogP contribution in [0.5, 0.6) is 0 Å². The van der Waals surface area contributed by atoms with E-state index in [2.05, 4.69) is 112 Å². The fourth-order valence-electron chi connectivity index (χ4n) is 7.72. The highest BCUT2D eigenvalue weighted by Crippen LogP contribution is 2.26. The first-order valence-electron chi connectivity index (χ1n) is 28.5. The number of aliphatic carboxylic acids is 1. The van der Waals surface area contributed by atoms with E-state index in [1.165, 1.54) is 57.8 Å². The van der Waals surface area contributed by atoms with Gasteiger partial charge in [-0.15, -0.1) is 0 Å². The molecule has 0 aromatic rings. The van der Waals surface area contributed by atoms with E-state index in [1.54, 1.807) is 0 Å². The van der Waals surface area contributed by atoms with Crippen LogP contribution in [-0.4, -0.2) is 89.2 Å². The largest absolute Gasteiger partial charge is 0.479 e. The minimum atomic E-state index is -1.94. The highest BCUT2D eigenvalue weighted by atomic mass is 16.7. The van der Waals surface area contributed by atoms with Gasteiger partial charge in [-0.1, -0.05) is 200 Å². The van der Waals surface area contributed by atoms with Crippen molar-refractivity contribution in [3.8, 4) is 0 Å². The van der Waals surface area contributed by atoms with Crippen LogP contribution in [0.1, 0.15) is 201 Å². The van der Waals surface area contributed by atoms with Gasteiger partial charge in [0.1, 0.15) is 18.8 Å². The number of aliphatic hydroxyl groups is 2. The number of rotatable bonds is 46. The smallest absolute Gasteiger partial charge is 0.335 e. The molecule has 0 aromatic carbocycles. The SMILES string of the molecule is CC/C=C\C/C=C\C/C=C\C/C=C\CCC(=O)OC(COC(=O)CCCCCCCCCCC/C=C\C/C=C\CCCCC)COC1OC(C(=O)O)C(O)C(O)C1OC(=O)CC/C=C\C/C=C\C/C=C\C/C=C\CC. The number of hydrogen-bond acceptors (Lipinski definition) is 11. The molecular weight excluding hydrogens is 949 g/mol. The van der Waals surface area contributed by atoms with Crippen LogP contribution in [0.15, 0.2) is 122 Å². The molecule has 1 fully saturated rings. The zero-order valence-electron chi connectivity index (χ0n) is 46.2. The predicted molar refractivity (Wildman–Crippen MR) is 303 cm³/mol. The Morgan fingerprint density at radius 2 is 0.867 bits per heavy atom. The number of carbonyl (C=O) groups excluding carboxylic acids is 3. The monoisotopic (exact) mass is 1050 g/mol. The summed E-state index contributed by atoms with van der Waals surface area (Å²) in [5, 5.41) is 31.4. The quantitative estimate of drug-likeness (QED) is 0.0228. The highest BCUT2D eigenvalue weighted by molar-refractivity contribution is 5.74. The molecule has 6 unspecified atom stereocenters. The fourth-order valence-corrected chi connectivity index (χ4v) is 7.72.